The van der Waals surface area contributed by atoms with E-state index in [1.54, 1.807) is 30.3 Å². The van der Waals surface area contributed by atoms with Gasteiger partial charge in [-0.3, -0.25) is 4.98 Å². The summed E-state index contributed by atoms with van der Waals surface area (Å²) in [5.41, 5.74) is -0.442. The van der Waals surface area contributed by atoms with Gasteiger partial charge >= 0.3 is 6.18 Å². The summed E-state index contributed by atoms with van der Waals surface area (Å²) >= 11 is 0.791. The smallest absolute Gasteiger partial charge is 0.434 e. The summed E-state index contributed by atoms with van der Waals surface area (Å²) < 4.78 is 39.6. The van der Waals surface area contributed by atoms with Crippen molar-refractivity contribution in [3.8, 4) is 16.3 Å². The second-order valence-electron chi connectivity index (χ2n) is 4.70. The predicted octanol–water partition coefficient (Wildman–Crippen LogP) is 4.68. The topological polar surface area (TPSA) is 58.4 Å². The molecule has 8 heteroatoms. The molecule has 0 atom stereocenters. The first kappa shape index (κ1) is 16.1. The van der Waals surface area contributed by atoms with E-state index in [0.29, 0.717) is 5.56 Å². The summed E-state index contributed by atoms with van der Waals surface area (Å²) in [4.78, 5) is 11.4. The number of nitrogens with zero attached hydrogens (tertiary/aromatic N) is 3. The number of phenols is 1. The zero-order chi connectivity index (χ0) is 17.2. The molecule has 0 aliphatic carbocycles. The molecule has 3 rings (SSSR count). The standard InChI is InChI=1S/C16H10F3N3OS/c17-16(18,19)14-13(11-6-3-4-8-20-11)24-15(22-14)21-9-10-5-1-2-7-12(10)23/h1-9,23H/b21-9+. The van der Waals surface area contributed by atoms with Gasteiger partial charge in [-0.2, -0.15) is 13.2 Å². The third-order valence-corrected chi connectivity index (χ3v) is 4.02. The minimum Gasteiger partial charge on any atom is -0.507 e. The molecule has 0 aliphatic rings. The van der Waals surface area contributed by atoms with Crippen molar-refractivity contribution < 1.29 is 18.3 Å². The number of pyridine rings is 1. The SMILES string of the molecule is Oc1ccccc1/C=N/c1nc(C(F)(F)F)c(-c2ccccn2)s1. The lowest BCUT2D eigenvalue weighted by Crippen LogP contribution is -2.07. The van der Waals surface area contributed by atoms with Crippen molar-refractivity contribution in [1.29, 1.82) is 0 Å². The highest BCUT2D eigenvalue weighted by molar-refractivity contribution is 7.18. The molecule has 0 bridgehead atoms. The number of hydrogen-bond donors (Lipinski definition) is 1. The van der Waals surface area contributed by atoms with Gasteiger partial charge in [-0.15, -0.1) is 0 Å². The summed E-state index contributed by atoms with van der Waals surface area (Å²) in [5, 5.41) is 9.59. The third-order valence-electron chi connectivity index (χ3n) is 3.03. The molecule has 2 aromatic heterocycles. The van der Waals surface area contributed by atoms with E-state index in [1.165, 1.54) is 24.5 Å². The molecule has 2 heterocycles. The highest BCUT2D eigenvalue weighted by atomic mass is 32.1. The molecule has 122 valence electrons. The third kappa shape index (κ3) is 3.43. The van der Waals surface area contributed by atoms with Gasteiger partial charge in [0, 0.05) is 18.0 Å². The number of aliphatic imine (C=N–C) groups is 1. The van der Waals surface area contributed by atoms with Crippen molar-refractivity contribution >= 4 is 22.7 Å². The first-order chi connectivity index (χ1) is 11.4. The Morgan fingerprint density at radius 2 is 1.83 bits per heavy atom. The second-order valence-corrected chi connectivity index (χ2v) is 5.68. The number of benzene rings is 1. The molecule has 3 aromatic rings. The lowest BCUT2D eigenvalue weighted by molar-refractivity contribution is -0.140. The molecular weight excluding hydrogens is 339 g/mol. The average Bonchev–Trinajstić information content (AvgIpc) is 3.00. The number of hydrogen-bond acceptors (Lipinski definition) is 5. The first-order valence-corrected chi connectivity index (χ1v) is 7.58. The van der Waals surface area contributed by atoms with E-state index in [-0.39, 0.29) is 21.5 Å². The summed E-state index contributed by atoms with van der Waals surface area (Å²) in [6, 6.07) is 11.1. The van der Waals surface area contributed by atoms with Crippen LogP contribution >= 0.6 is 11.3 Å². The van der Waals surface area contributed by atoms with Crippen LogP contribution in [0.3, 0.4) is 0 Å². The lowest BCUT2D eigenvalue weighted by Gasteiger charge is -2.04. The van der Waals surface area contributed by atoms with Gasteiger partial charge in [0.1, 0.15) is 5.75 Å². The molecular formula is C16H10F3N3OS. The van der Waals surface area contributed by atoms with Gasteiger partial charge in [0.15, 0.2) is 5.69 Å². The van der Waals surface area contributed by atoms with Crippen molar-refractivity contribution in [3.63, 3.8) is 0 Å². The maximum Gasteiger partial charge on any atom is 0.434 e. The van der Waals surface area contributed by atoms with Crippen LogP contribution in [0.1, 0.15) is 11.3 Å². The molecule has 0 fully saturated rings. The van der Waals surface area contributed by atoms with Gasteiger partial charge in [0.25, 0.3) is 0 Å². The van der Waals surface area contributed by atoms with Gasteiger partial charge in [0.05, 0.1) is 10.6 Å². The predicted molar refractivity (Wildman–Crippen MR) is 85.7 cm³/mol. The summed E-state index contributed by atoms with van der Waals surface area (Å²) in [7, 11) is 0. The van der Waals surface area contributed by atoms with Crippen molar-refractivity contribution in [2.24, 2.45) is 4.99 Å². The van der Waals surface area contributed by atoms with Crippen LogP contribution in [0.5, 0.6) is 5.75 Å². The molecule has 0 amide bonds. The van der Waals surface area contributed by atoms with E-state index < -0.39 is 11.9 Å². The van der Waals surface area contributed by atoms with Crippen LogP contribution in [0.25, 0.3) is 10.6 Å². The fourth-order valence-electron chi connectivity index (χ4n) is 1.95. The Morgan fingerprint density at radius 1 is 1.08 bits per heavy atom. The molecule has 24 heavy (non-hydrogen) atoms. The molecule has 0 spiro atoms. The largest absolute Gasteiger partial charge is 0.507 e. The van der Waals surface area contributed by atoms with Crippen LogP contribution in [-0.2, 0) is 6.18 Å². The van der Waals surface area contributed by atoms with Gasteiger partial charge in [-0.1, -0.05) is 29.5 Å². The minimum atomic E-state index is -4.61. The Labute approximate surface area is 139 Å². The van der Waals surface area contributed by atoms with Crippen molar-refractivity contribution in [3.05, 3.63) is 59.9 Å². The Balaban J connectivity index is 2.02. The molecule has 0 radical (unpaired) electrons. The van der Waals surface area contributed by atoms with Crippen LogP contribution < -0.4 is 0 Å². The molecule has 0 unspecified atom stereocenters. The number of para-hydroxylation sites is 1. The number of halogens is 3. The normalized spacial score (nSPS) is 12.0. The van der Waals surface area contributed by atoms with Crippen LogP contribution in [0, 0.1) is 0 Å². The molecule has 1 N–H and O–H groups in total. The number of alkyl halides is 3. The molecule has 0 saturated heterocycles. The van der Waals surface area contributed by atoms with Crippen molar-refractivity contribution in [1.82, 2.24) is 9.97 Å². The van der Waals surface area contributed by atoms with Gasteiger partial charge in [-0.25, -0.2) is 9.98 Å². The first-order valence-electron chi connectivity index (χ1n) is 6.76. The van der Waals surface area contributed by atoms with Crippen LogP contribution in [-0.4, -0.2) is 21.3 Å². The van der Waals surface area contributed by atoms with E-state index in [9.17, 15) is 18.3 Å². The number of phenolic OH excluding ortho intramolecular Hbond substituents is 1. The zero-order valence-electron chi connectivity index (χ0n) is 12.0. The monoisotopic (exact) mass is 349 g/mol. The Bertz CT molecular complexity index is 876. The molecule has 0 saturated carbocycles. The fraction of sp³-hybridized carbons (Fsp3) is 0.0625. The number of aromatic nitrogens is 2. The van der Waals surface area contributed by atoms with E-state index in [2.05, 4.69) is 15.0 Å². The van der Waals surface area contributed by atoms with E-state index in [0.717, 1.165) is 11.3 Å². The minimum absolute atomic E-state index is 0.0150. The average molecular weight is 349 g/mol. The Hall–Kier alpha value is -2.74. The molecule has 1 aromatic carbocycles. The van der Waals surface area contributed by atoms with Gasteiger partial charge in [-0.05, 0) is 24.3 Å². The number of thiazole rings is 1. The van der Waals surface area contributed by atoms with Crippen LogP contribution in [0.2, 0.25) is 0 Å². The zero-order valence-corrected chi connectivity index (χ0v) is 12.8. The number of aromatic hydroxyl groups is 1. The van der Waals surface area contributed by atoms with E-state index in [1.807, 2.05) is 0 Å². The van der Waals surface area contributed by atoms with Gasteiger partial charge < -0.3 is 5.11 Å². The number of rotatable bonds is 3. The maximum atomic E-state index is 13.2. The van der Waals surface area contributed by atoms with Crippen molar-refractivity contribution in [2.45, 2.75) is 6.18 Å². The lowest BCUT2D eigenvalue weighted by atomic mass is 10.2. The quantitative estimate of drug-likeness (QED) is 0.699. The van der Waals surface area contributed by atoms with Crippen molar-refractivity contribution in [2.75, 3.05) is 0 Å². The Morgan fingerprint density at radius 3 is 2.50 bits per heavy atom. The molecule has 0 aliphatic heterocycles. The molecule has 4 nitrogen and oxygen atoms in total. The fourth-order valence-corrected chi connectivity index (χ4v) is 2.86. The summed E-state index contributed by atoms with van der Waals surface area (Å²) in [5.74, 6) is -0.0150. The highest BCUT2D eigenvalue weighted by Gasteiger charge is 2.38. The maximum absolute atomic E-state index is 13.2. The van der Waals surface area contributed by atoms with E-state index >= 15 is 0 Å². The summed E-state index contributed by atoms with van der Waals surface area (Å²) in [6.45, 7) is 0. The second kappa shape index (κ2) is 6.40. The van der Waals surface area contributed by atoms with Crippen LogP contribution in [0.4, 0.5) is 18.3 Å². The van der Waals surface area contributed by atoms with E-state index in [4.69, 9.17) is 0 Å². The highest BCUT2D eigenvalue weighted by Crippen LogP contribution is 2.42. The van der Waals surface area contributed by atoms with Gasteiger partial charge in [0.2, 0.25) is 5.13 Å². The summed E-state index contributed by atoms with van der Waals surface area (Å²) in [6.07, 6.45) is -1.91. The van der Waals surface area contributed by atoms with Crippen LogP contribution in [0.15, 0.2) is 53.7 Å². The Kier molecular flexibility index (Phi) is 4.30.